The van der Waals surface area contributed by atoms with Gasteiger partial charge in [-0.2, -0.15) is 0 Å². The zero-order valence-corrected chi connectivity index (χ0v) is 38.0. The van der Waals surface area contributed by atoms with Crippen LogP contribution in [0.3, 0.4) is 0 Å². The molecular formula is C61H41N9. The van der Waals surface area contributed by atoms with E-state index in [1.165, 1.54) is 38.7 Å². The third-order valence-electron chi connectivity index (χ3n) is 13.5. The first-order valence-electron chi connectivity index (χ1n) is 23.2. The van der Waals surface area contributed by atoms with Crippen LogP contribution in [0.5, 0.6) is 0 Å². The van der Waals surface area contributed by atoms with Gasteiger partial charge in [-0.3, -0.25) is 4.99 Å². The van der Waals surface area contributed by atoms with E-state index >= 15 is 0 Å². The summed E-state index contributed by atoms with van der Waals surface area (Å²) in [6.45, 7) is 5.67. The Balaban J connectivity index is 1.27. The number of nitrogens with zero attached hydrogens (tertiary/aromatic N) is 9. The average molecular weight is 900 g/mol. The molecule has 0 aliphatic heterocycles. The molecule has 0 saturated carbocycles. The fraction of sp³-hybridized carbons (Fsp3) is 0.0164. The minimum atomic E-state index is 0.694. The van der Waals surface area contributed by atoms with E-state index in [2.05, 4.69) is 205 Å². The minimum absolute atomic E-state index is 0.694. The predicted molar refractivity (Wildman–Crippen MR) is 289 cm³/mol. The van der Waals surface area contributed by atoms with Crippen LogP contribution >= 0.6 is 0 Å². The van der Waals surface area contributed by atoms with Gasteiger partial charge in [-0.05, 0) is 97.6 Å². The molecule has 9 nitrogen and oxygen atoms in total. The summed E-state index contributed by atoms with van der Waals surface area (Å²) in [5, 5.41) is 7.04. The molecule has 5 aromatic heterocycles. The second kappa shape index (κ2) is 16.6. The quantitative estimate of drug-likeness (QED) is 0.107. The lowest BCUT2D eigenvalue weighted by molar-refractivity contribution is 1.05. The Kier molecular flexibility index (Phi) is 9.65. The van der Waals surface area contributed by atoms with Gasteiger partial charge in [0.25, 0.3) is 0 Å². The number of aliphatic imine (C=N–C) groups is 2. The molecule has 0 aliphatic rings. The van der Waals surface area contributed by atoms with Crippen LogP contribution in [0, 0.1) is 0 Å². The van der Waals surface area contributed by atoms with Crippen LogP contribution in [-0.4, -0.2) is 46.7 Å². The molecule has 13 aromatic rings. The topological polar surface area (TPSA) is 91.1 Å². The molecule has 70 heavy (non-hydrogen) atoms. The molecule has 0 radical (unpaired) electrons. The molecule has 0 fully saturated rings. The van der Waals surface area contributed by atoms with Gasteiger partial charge < -0.3 is 13.7 Å². The molecule has 0 saturated heterocycles. The smallest absolute Gasteiger partial charge is 0.116 e. The van der Waals surface area contributed by atoms with Crippen LogP contribution in [0.25, 0.3) is 122 Å². The first kappa shape index (κ1) is 40.7. The summed E-state index contributed by atoms with van der Waals surface area (Å²) in [6.07, 6.45) is 10.2. The molecule has 0 unspecified atom stereocenters. The summed E-state index contributed by atoms with van der Waals surface area (Å²) in [5.74, 6) is 0. The van der Waals surface area contributed by atoms with E-state index < -0.39 is 0 Å². The third kappa shape index (κ3) is 6.33. The van der Waals surface area contributed by atoms with Crippen LogP contribution in [0.2, 0.25) is 0 Å². The predicted octanol–water partition coefficient (Wildman–Crippen LogP) is 14.6. The number of rotatable bonds is 9. The van der Waals surface area contributed by atoms with Crippen molar-refractivity contribution in [3.8, 4) is 50.7 Å². The molecule has 9 heteroatoms. The third-order valence-corrected chi connectivity index (χ3v) is 13.5. The first-order valence-corrected chi connectivity index (χ1v) is 23.2. The fourth-order valence-electron chi connectivity index (χ4n) is 10.6. The lowest BCUT2D eigenvalue weighted by atomic mass is 9.89. The minimum Gasteiger partial charge on any atom is -0.307 e. The van der Waals surface area contributed by atoms with Gasteiger partial charge in [0.2, 0.25) is 0 Å². The van der Waals surface area contributed by atoms with Gasteiger partial charge in [-0.25, -0.2) is 24.9 Å². The maximum atomic E-state index is 4.86. The standard InChI is InChI=1S/C61H41N9/c1-3-49(65-36-62-2)60-47(50-28-30-63-37-66-50)32-39(33-48(60)51-29-31-64-38-67-51)40-34-58(68-52-22-10-4-16-41(52)42-17-5-11-23-53(42)68)61(70-56-26-14-8-20-45(56)46-21-9-15-27-57(46)70)59(35-40)69-54-24-12-6-18-43(54)44-19-7-13-25-55(44)69/h3-38H,2H2,1H3/b49-3-,65-36-. The lowest BCUT2D eigenvalue weighted by Crippen LogP contribution is -2.10. The van der Waals surface area contributed by atoms with E-state index in [1.807, 2.05) is 25.1 Å². The highest BCUT2D eigenvalue weighted by Gasteiger charge is 2.27. The highest BCUT2D eigenvalue weighted by Crippen LogP contribution is 2.47. The molecule has 0 spiro atoms. The van der Waals surface area contributed by atoms with Gasteiger partial charge in [0.15, 0.2) is 0 Å². The number of hydrogen-bond acceptors (Lipinski definition) is 5. The molecule has 13 rings (SSSR count). The Morgan fingerprint density at radius 3 is 1.16 bits per heavy atom. The second-order valence-electron chi connectivity index (χ2n) is 17.2. The van der Waals surface area contributed by atoms with Gasteiger partial charge in [-0.15, -0.1) is 0 Å². The molecule has 330 valence electrons. The molecule has 0 amide bonds. The Hall–Kier alpha value is -9.60. The summed E-state index contributed by atoms with van der Waals surface area (Å²) in [6, 6.07) is 65.6. The van der Waals surface area contributed by atoms with Crippen molar-refractivity contribution in [1.82, 2.24) is 33.6 Å². The highest BCUT2D eigenvalue weighted by atomic mass is 15.1. The Labute approximate surface area is 402 Å². The Bertz CT molecular complexity index is 3920. The largest absolute Gasteiger partial charge is 0.307 e. The van der Waals surface area contributed by atoms with Crippen molar-refractivity contribution in [2.75, 3.05) is 0 Å². The zero-order chi connectivity index (χ0) is 46.7. The number of allylic oxidation sites excluding steroid dienone is 1. The van der Waals surface area contributed by atoms with Gasteiger partial charge in [0, 0.05) is 61.4 Å². The van der Waals surface area contributed by atoms with Crippen molar-refractivity contribution >= 4 is 84.2 Å². The summed E-state index contributed by atoms with van der Waals surface area (Å²) >= 11 is 0. The number of fused-ring (bicyclic) bond motifs is 9. The molecule has 8 aromatic carbocycles. The number of aromatic nitrogens is 7. The molecule has 5 heterocycles. The monoisotopic (exact) mass is 899 g/mol. The molecule has 0 atom stereocenters. The molecular weight excluding hydrogens is 859 g/mol. The van der Waals surface area contributed by atoms with E-state index in [4.69, 9.17) is 15.0 Å². The second-order valence-corrected chi connectivity index (χ2v) is 17.2. The normalized spacial score (nSPS) is 12.2. The van der Waals surface area contributed by atoms with Crippen molar-refractivity contribution in [1.29, 1.82) is 0 Å². The SMILES string of the molecule is C=N/C=N\C(=C/C)c1c(-c2ccncn2)cc(-c2cc(-n3c4ccccc4c4ccccc43)c(-n3c4ccccc4c4ccccc43)c(-n3c4ccccc4c4ccccc43)c2)cc1-c1ccncn1. The van der Waals surface area contributed by atoms with Crippen molar-refractivity contribution < 1.29 is 0 Å². The maximum Gasteiger partial charge on any atom is 0.116 e. The van der Waals surface area contributed by atoms with Gasteiger partial charge in [-0.1, -0.05) is 115 Å². The maximum absolute atomic E-state index is 4.86. The molecule has 0 N–H and O–H groups in total. The molecule has 0 aliphatic carbocycles. The van der Waals surface area contributed by atoms with Crippen LogP contribution in [0.15, 0.2) is 223 Å². The summed E-state index contributed by atoms with van der Waals surface area (Å²) in [7, 11) is 0. The lowest BCUT2D eigenvalue weighted by Gasteiger charge is -2.24. The van der Waals surface area contributed by atoms with Crippen LogP contribution in [0.4, 0.5) is 0 Å². The molecule has 0 bridgehead atoms. The number of para-hydroxylation sites is 6. The summed E-state index contributed by atoms with van der Waals surface area (Å²) in [5.41, 5.74) is 16.3. The van der Waals surface area contributed by atoms with Crippen molar-refractivity contribution in [2.24, 2.45) is 9.98 Å². The summed E-state index contributed by atoms with van der Waals surface area (Å²) < 4.78 is 7.41. The van der Waals surface area contributed by atoms with Crippen molar-refractivity contribution in [2.45, 2.75) is 6.92 Å². The Morgan fingerprint density at radius 2 is 0.814 bits per heavy atom. The van der Waals surface area contributed by atoms with Crippen LogP contribution < -0.4 is 0 Å². The van der Waals surface area contributed by atoms with Gasteiger partial charge in [0.1, 0.15) is 19.0 Å². The van der Waals surface area contributed by atoms with Crippen molar-refractivity contribution in [3.05, 3.63) is 219 Å². The van der Waals surface area contributed by atoms with Gasteiger partial charge >= 0.3 is 0 Å². The number of hydrogen-bond donors (Lipinski definition) is 0. The van der Waals surface area contributed by atoms with Crippen LogP contribution in [0.1, 0.15) is 12.5 Å². The van der Waals surface area contributed by atoms with E-state index in [9.17, 15) is 0 Å². The van der Waals surface area contributed by atoms with E-state index in [0.29, 0.717) is 5.70 Å². The van der Waals surface area contributed by atoms with E-state index in [-0.39, 0.29) is 0 Å². The van der Waals surface area contributed by atoms with E-state index in [0.717, 1.165) is 89.4 Å². The summed E-state index contributed by atoms with van der Waals surface area (Å²) in [4.78, 5) is 27.2. The van der Waals surface area contributed by atoms with Gasteiger partial charge in [0.05, 0.1) is 67.2 Å². The zero-order valence-electron chi connectivity index (χ0n) is 38.0. The van der Waals surface area contributed by atoms with Crippen LogP contribution in [-0.2, 0) is 0 Å². The van der Waals surface area contributed by atoms with Crippen molar-refractivity contribution in [3.63, 3.8) is 0 Å². The Morgan fingerprint density at radius 1 is 0.457 bits per heavy atom. The van der Waals surface area contributed by atoms with E-state index in [1.54, 1.807) is 25.0 Å². The first-order chi connectivity index (χ1) is 34.7. The fourth-order valence-corrected chi connectivity index (χ4v) is 10.6. The highest BCUT2D eigenvalue weighted by molar-refractivity contribution is 6.14. The number of benzene rings is 8. The average Bonchev–Trinajstić information content (AvgIpc) is 4.07.